The second-order valence-electron chi connectivity index (χ2n) is 9.86. The Morgan fingerprint density at radius 2 is 1.86 bits per heavy atom. The van der Waals surface area contributed by atoms with E-state index in [-0.39, 0.29) is 19.0 Å². The Kier molecular flexibility index (Phi) is 8.39. The van der Waals surface area contributed by atoms with Crippen LogP contribution < -0.4 is 5.73 Å². The van der Waals surface area contributed by atoms with Gasteiger partial charge < -0.3 is 25.6 Å². The van der Waals surface area contributed by atoms with Crippen molar-refractivity contribution in [2.24, 2.45) is 5.73 Å². The van der Waals surface area contributed by atoms with E-state index in [0.717, 1.165) is 12.0 Å². The summed E-state index contributed by atoms with van der Waals surface area (Å²) in [6.07, 6.45) is 0.882. The van der Waals surface area contributed by atoms with Gasteiger partial charge in [-0.3, -0.25) is 4.79 Å². The number of benzene rings is 3. The molecule has 1 amide bonds. The van der Waals surface area contributed by atoms with Crippen LogP contribution in [0.3, 0.4) is 0 Å². The lowest BCUT2D eigenvalue weighted by molar-refractivity contribution is 0.0650. The van der Waals surface area contributed by atoms with Gasteiger partial charge >= 0.3 is 0 Å². The predicted octanol–water partition coefficient (Wildman–Crippen LogP) is 4.00. The van der Waals surface area contributed by atoms with E-state index in [2.05, 4.69) is 0 Å². The lowest BCUT2D eigenvalue weighted by Crippen LogP contribution is -2.33. The Bertz CT molecular complexity index is 1240. The summed E-state index contributed by atoms with van der Waals surface area (Å²) in [5.74, 6) is -0.695. The molecule has 3 atom stereocenters. The summed E-state index contributed by atoms with van der Waals surface area (Å²) in [6.45, 7) is 2.90. The number of halogens is 1. The Hall–Kier alpha value is -3.10. The summed E-state index contributed by atoms with van der Waals surface area (Å²) in [4.78, 5) is 14.8. The number of hydrogen-bond donors (Lipinski definition) is 3. The molecule has 0 aromatic heterocycles. The third kappa shape index (κ3) is 5.75. The Morgan fingerprint density at radius 1 is 1.11 bits per heavy atom. The zero-order valence-electron chi connectivity index (χ0n) is 21.4. The van der Waals surface area contributed by atoms with E-state index in [1.165, 1.54) is 11.0 Å². The number of aliphatic hydroxyl groups excluding tert-OH is 1. The van der Waals surface area contributed by atoms with Crippen molar-refractivity contribution in [3.8, 4) is 11.1 Å². The molecule has 3 aromatic carbocycles. The first-order valence-electron chi connectivity index (χ1n) is 12.7. The quantitative estimate of drug-likeness (QED) is 0.382. The molecule has 37 heavy (non-hydrogen) atoms. The summed E-state index contributed by atoms with van der Waals surface area (Å²) in [5.41, 5.74) is 7.66. The van der Waals surface area contributed by atoms with Gasteiger partial charge in [0.2, 0.25) is 0 Å². The van der Waals surface area contributed by atoms with E-state index in [1.54, 1.807) is 43.5 Å². The smallest absolute Gasteiger partial charge is 0.254 e. The standard InChI is InChI=1S/C30H35FN2O4/c1-20-8-5-9-21(16-20)28-24(12-7-13-25(28)31)30(36,14-3-4-15-37-2)23-11-6-10-22(17-23)29(35)33-18-26(32)27(34)19-33/h5-13,16-17,26-27,34,36H,3-4,14-15,18-19,32H2,1-2H3/t26-,27+,30+/m1/s1. The highest BCUT2D eigenvalue weighted by Crippen LogP contribution is 2.41. The molecule has 3 aromatic rings. The average Bonchev–Trinajstić information content (AvgIpc) is 3.23. The first-order valence-corrected chi connectivity index (χ1v) is 12.7. The fourth-order valence-electron chi connectivity index (χ4n) is 5.09. The maximum Gasteiger partial charge on any atom is 0.254 e. The van der Waals surface area contributed by atoms with Crippen molar-refractivity contribution >= 4 is 5.91 Å². The van der Waals surface area contributed by atoms with Gasteiger partial charge in [-0.1, -0.05) is 54.1 Å². The number of rotatable bonds is 9. The highest BCUT2D eigenvalue weighted by Gasteiger charge is 2.36. The van der Waals surface area contributed by atoms with E-state index in [1.807, 2.05) is 31.2 Å². The van der Waals surface area contributed by atoms with Gasteiger partial charge in [0.1, 0.15) is 11.4 Å². The number of ether oxygens (including phenoxy) is 1. The number of methoxy groups -OCH3 is 1. The van der Waals surface area contributed by atoms with E-state index < -0.39 is 23.6 Å². The fourth-order valence-corrected chi connectivity index (χ4v) is 5.09. The minimum absolute atomic E-state index is 0.160. The van der Waals surface area contributed by atoms with Crippen molar-refractivity contribution in [2.45, 2.75) is 43.9 Å². The first kappa shape index (κ1) is 26.9. The lowest BCUT2D eigenvalue weighted by atomic mass is 9.78. The van der Waals surface area contributed by atoms with Gasteiger partial charge in [-0.25, -0.2) is 4.39 Å². The van der Waals surface area contributed by atoms with Gasteiger partial charge in [-0.15, -0.1) is 0 Å². The molecular weight excluding hydrogens is 471 g/mol. The number of unbranched alkanes of at least 4 members (excludes halogenated alkanes) is 1. The molecule has 0 radical (unpaired) electrons. The first-order chi connectivity index (χ1) is 17.7. The molecule has 1 heterocycles. The van der Waals surface area contributed by atoms with Crippen molar-refractivity contribution in [2.75, 3.05) is 26.8 Å². The largest absolute Gasteiger partial charge is 0.390 e. The van der Waals surface area contributed by atoms with Crippen LogP contribution in [0.5, 0.6) is 0 Å². The van der Waals surface area contributed by atoms with Crippen LogP contribution in [0.15, 0.2) is 66.7 Å². The van der Waals surface area contributed by atoms with Crippen LogP contribution in [0, 0.1) is 12.7 Å². The SMILES string of the molecule is COCCCC[C@](O)(c1cccc(C(=O)N2C[C@@H](N)[C@@H](O)C2)c1)c1cccc(F)c1-c1cccc(C)c1. The minimum Gasteiger partial charge on any atom is -0.390 e. The molecule has 0 unspecified atom stereocenters. The van der Waals surface area contributed by atoms with Crippen molar-refractivity contribution in [3.63, 3.8) is 0 Å². The van der Waals surface area contributed by atoms with Gasteiger partial charge in [0.15, 0.2) is 0 Å². The molecule has 196 valence electrons. The Labute approximate surface area is 217 Å². The molecule has 0 spiro atoms. The molecule has 1 saturated heterocycles. The summed E-state index contributed by atoms with van der Waals surface area (Å²) in [6, 6.07) is 18.6. The number of likely N-dealkylation sites (tertiary alicyclic amines) is 1. The molecule has 1 aliphatic rings. The third-order valence-corrected chi connectivity index (χ3v) is 7.11. The second-order valence-corrected chi connectivity index (χ2v) is 9.86. The molecule has 4 N–H and O–H groups in total. The lowest BCUT2D eigenvalue weighted by Gasteiger charge is -2.32. The molecule has 4 rings (SSSR count). The molecule has 0 aliphatic carbocycles. The minimum atomic E-state index is -1.56. The van der Waals surface area contributed by atoms with Crippen molar-refractivity contribution in [1.82, 2.24) is 4.90 Å². The number of aryl methyl sites for hydroxylation is 1. The number of amides is 1. The van der Waals surface area contributed by atoms with Crippen LogP contribution in [-0.4, -0.2) is 60.0 Å². The molecule has 1 aliphatic heterocycles. The summed E-state index contributed by atoms with van der Waals surface area (Å²) in [5, 5.41) is 22.4. The number of β-amino-alcohol motifs (C(OH)–C–C–N with tert-alkyl or cyclic N) is 1. The van der Waals surface area contributed by atoms with Crippen LogP contribution in [-0.2, 0) is 10.3 Å². The van der Waals surface area contributed by atoms with Gasteiger partial charge in [-0.05, 0) is 61.1 Å². The molecule has 0 saturated carbocycles. The number of nitrogens with zero attached hydrogens (tertiary/aromatic N) is 1. The fraction of sp³-hybridized carbons (Fsp3) is 0.367. The molecule has 0 bridgehead atoms. The maximum absolute atomic E-state index is 15.4. The van der Waals surface area contributed by atoms with Gasteiger partial charge in [0.25, 0.3) is 5.91 Å². The van der Waals surface area contributed by atoms with Crippen molar-refractivity contribution in [3.05, 3.63) is 94.8 Å². The summed E-state index contributed by atoms with van der Waals surface area (Å²) >= 11 is 0. The van der Waals surface area contributed by atoms with Crippen molar-refractivity contribution < 1.29 is 24.1 Å². The van der Waals surface area contributed by atoms with Crippen LogP contribution in [0.25, 0.3) is 11.1 Å². The third-order valence-electron chi connectivity index (χ3n) is 7.11. The zero-order valence-corrected chi connectivity index (χ0v) is 21.4. The number of carbonyl (C=O) groups is 1. The van der Waals surface area contributed by atoms with E-state index in [4.69, 9.17) is 10.5 Å². The Balaban J connectivity index is 1.80. The maximum atomic E-state index is 15.4. The number of aliphatic hydroxyl groups is 2. The number of nitrogens with two attached hydrogens (primary N) is 1. The zero-order chi connectivity index (χ0) is 26.6. The van der Waals surface area contributed by atoms with Crippen LogP contribution >= 0.6 is 0 Å². The van der Waals surface area contributed by atoms with Gasteiger partial charge in [-0.2, -0.15) is 0 Å². The van der Waals surface area contributed by atoms with E-state index >= 15 is 4.39 Å². The second kappa shape index (κ2) is 11.5. The topological polar surface area (TPSA) is 96.0 Å². The number of hydrogen-bond acceptors (Lipinski definition) is 5. The monoisotopic (exact) mass is 506 g/mol. The van der Waals surface area contributed by atoms with Gasteiger partial charge in [0.05, 0.1) is 6.10 Å². The highest BCUT2D eigenvalue weighted by atomic mass is 19.1. The normalized spacial score (nSPS) is 19.1. The predicted molar refractivity (Wildman–Crippen MR) is 142 cm³/mol. The van der Waals surface area contributed by atoms with Crippen LogP contribution in [0.1, 0.15) is 46.3 Å². The van der Waals surface area contributed by atoms with Crippen LogP contribution in [0.2, 0.25) is 0 Å². The summed E-state index contributed by atoms with van der Waals surface area (Å²) < 4.78 is 20.6. The summed E-state index contributed by atoms with van der Waals surface area (Å²) in [7, 11) is 1.63. The molecule has 1 fully saturated rings. The van der Waals surface area contributed by atoms with Crippen LogP contribution in [0.4, 0.5) is 4.39 Å². The Morgan fingerprint density at radius 3 is 2.57 bits per heavy atom. The molecular formula is C30H35FN2O4. The highest BCUT2D eigenvalue weighted by molar-refractivity contribution is 5.94. The molecule has 7 heteroatoms. The van der Waals surface area contributed by atoms with E-state index in [0.29, 0.717) is 47.3 Å². The molecule has 6 nitrogen and oxygen atoms in total. The van der Waals surface area contributed by atoms with Gasteiger partial charge in [0, 0.05) is 44.0 Å². The van der Waals surface area contributed by atoms with E-state index in [9.17, 15) is 15.0 Å². The average molecular weight is 507 g/mol. The number of carbonyl (C=O) groups excluding carboxylic acids is 1. The van der Waals surface area contributed by atoms with Crippen molar-refractivity contribution in [1.29, 1.82) is 0 Å².